The fraction of sp³-hybridized carbons (Fsp3) is 0.467. The maximum absolute atomic E-state index is 11.9. The van der Waals surface area contributed by atoms with E-state index >= 15 is 0 Å². The number of amides is 2. The van der Waals surface area contributed by atoms with Gasteiger partial charge in [0.2, 0.25) is 5.91 Å². The molecular formula is C15H18N2O3. The van der Waals surface area contributed by atoms with E-state index in [2.05, 4.69) is 5.32 Å². The molecule has 1 aromatic rings. The third-order valence-electron chi connectivity index (χ3n) is 3.78. The Balaban J connectivity index is 1.74. The molecule has 0 saturated heterocycles. The minimum atomic E-state index is -0.451. The molecule has 20 heavy (non-hydrogen) atoms. The summed E-state index contributed by atoms with van der Waals surface area (Å²) >= 11 is 0. The Bertz CT molecular complexity index is 566. The number of anilines is 1. The summed E-state index contributed by atoms with van der Waals surface area (Å²) in [5.74, 6) is 0.978. The van der Waals surface area contributed by atoms with Crippen LogP contribution < -0.4 is 15.0 Å². The lowest BCUT2D eigenvalue weighted by molar-refractivity contribution is -0.125. The van der Waals surface area contributed by atoms with Crippen molar-refractivity contribution in [2.75, 3.05) is 11.9 Å². The SMILES string of the molecule is CC1Oc2ccc(CNC(=O)C3CC3)cc2N(C)C1=O. The van der Waals surface area contributed by atoms with Gasteiger partial charge in [-0.3, -0.25) is 9.59 Å². The van der Waals surface area contributed by atoms with Crippen LogP contribution in [0.3, 0.4) is 0 Å². The summed E-state index contributed by atoms with van der Waals surface area (Å²) in [4.78, 5) is 25.1. The van der Waals surface area contributed by atoms with E-state index in [-0.39, 0.29) is 17.7 Å². The number of ether oxygens (including phenoxy) is 1. The van der Waals surface area contributed by atoms with E-state index in [0.29, 0.717) is 12.3 Å². The van der Waals surface area contributed by atoms with Gasteiger partial charge in [-0.25, -0.2) is 0 Å². The molecule has 1 unspecified atom stereocenters. The van der Waals surface area contributed by atoms with Crippen molar-refractivity contribution in [3.8, 4) is 5.75 Å². The van der Waals surface area contributed by atoms with Gasteiger partial charge in [0.05, 0.1) is 5.69 Å². The second-order valence-corrected chi connectivity index (χ2v) is 5.45. The Morgan fingerprint density at radius 1 is 1.45 bits per heavy atom. The molecule has 5 heteroatoms. The quantitative estimate of drug-likeness (QED) is 0.907. The number of benzene rings is 1. The van der Waals surface area contributed by atoms with Crippen molar-refractivity contribution in [2.45, 2.75) is 32.4 Å². The molecule has 106 valence electrons. The molecule has 0 bridgehead atoms. The number of rotatable bonds is 3. The molecule has 1 aliphatic carbocycles. The number of likely N-dealkylation sites (N-methyl/N-ethyl adjacent to an activating group) is 1. The van der Waals surface area contributed by atoms with Gasteiger partial charge < -0.3 is 15.0 Å². The van der Waals surface area contributed by atoms with Crippen LogP contribution in [0.2, 0.25) is 0 Å². The van der Waals surface area contributed by atoms with Gasteiger partial charge in [0, 0.05) is 19.5 Å². The Hall–Kier alpha value is -2.04. The Morgan fingerprint density at radius 3 is 2.90 bits per heavy atom. The normalized spacial score (nSPS) is 21.2. The van der Waals surface area contributed by atoms with Crippen molar-refractivity contribution in [3.63, 3.8) is 0 Å². The largest absolute Gasteiger partial charge is 0.479 e. The van der Waals surface area contributed by atoms with Crippen molar-refractivity contribution >= 4 is 17.5 Å². The van der Waals surface area contributed by atoms with Crippen molar-refractivity contribution < 1.29 is 14.3 Å². The molecular weight excluding hydrogens is 256 g/mol. The molecule has 5 nitrogen and oxygen atoms in total. The molecule has 1 fully saturated rings. The average Bonchev–Trinajstić information content (AvgIpc) is 3.27. The fourth-order valence-electron chi connectivity index (χ4n) is 2.35. The first kappa shape index (κ1) is 13.0. The zero-order valence-electron chi connectivity index (χ0n) is 11.7. The zero-order valence-corrected chi connectivity index (χ0v) is 11.7. The van der Waals surface area contributed by atoms with Crippen LogP contribution in [0.5, 0.6) is 5.75 Å². The van der Waals surface area contributed by atoms with Crippen molar-refractivity contribution in [1.82, 2.24) is 5.32 Å². The van der Waals surface area contributed by atoms with E-state index < -0.39 is 6.10 Å². The first-order valence-electron chi connectivity index (χ1n) is 6.91. The van der Waals surface area contributed by atoms with Crippen LogP contribution >= 0.6 is 0 Å². The summed E-state index contributed by atoms with van der Waals surface area (Å²) < 4.78 is 5.56. The van der Waals surface area contributed by atoms with Gasteiger partial charge >= 0.3 is 0 Å². The molecule has 0 aromatic heterocycles. The number of nitrogens with zero attached hydrogens (tertiary/aromatic N) is 1. The second kappa shape index (κ2) is 4.81. The van der Waals surface area contributed by atoms with E-state index in [1.165, 1.54) is 0 Å². The summed E-state index contributed by atoms with van der Waals surface area (Å²) in [6.07, 6.45) is 1.55. The summed E-state index contributed by atoms with van der Waals surface area (Å²) in [5.41, 5.74) is 1.72. The summed E-state index contributed by atoms with van der Waals surface area (Å²) in [5, 5.41) is 2.92. The molecule has 3 rings (SSSR count). The van der Waals surface area contributed by atoms with Gasteiger partial charge in [0.1, 0.15) is 5.75 Å². The predicted molar refractivity (Wildman–Crippen MR) is 74.5 cm³/mol. The van der Waals surface area contributed by atoms with Crippen LogP contribution in [0.25, 0.3) is 0 Å². The minimum absolute atomic E-state index is 0.0586. The molecule has 2 aliphatic rings. The number of carbonyl (C=O) groups excluding carboxylic acids is 2. The van der Waals surface area contributed by atoms with Gasteiger partial charge in [-0.15, -0.1) is 0 Å². The number of fused-ring (bicyclic) bond motifs is 1. The zero-order chi connectivity index (χ0) is 14.3. The van der Waals surface area contributed by atoms with Crippen molar-refractivity contribution in [1.29, 1.82) is 0 Å². The van der Waals surface area contributed by atoms with E-state index in [4.69, 9.17) is 4.74 Å². The maximum Gasteiger partial charge on any atom is 0.267 e. The lowest BCUT2D eigenvalue weighted by Crippen LogP contribution is -2.42. The molecule has 1 saturated carbocycles. The first-order chi connectivity index (χ1) is 9.56. The van der Waals surface area contributed by atoms with Gasteiger partial charge in [0.25, 0.3) is 5.91 Å². The van der Waals surface area contributed by atoms with Crippen LogP contribution in [-0.2, 0) is 16.1 Å². The van der Waals surface area contributed by atoms with Gasteiger partial charge in [-0.05, 0) is 37.5 Å². The molecule has 1 heterocycles. The Kier molecular flexibility index (Phi) is 3.12. The van der Waals surface area contributed by atoms with Crippen LogP contribution in [0, 0.1) is 5.92 Å². The van der Waals surface area contributed by atoms with Gasteiger partial charge in [-0.1, -0.05) is 6.07 Å². The van der Waals surface area contributed by atoms with Crippen molar-refractivity contribution in [2.24, 2.45) is 5.92 Å². The minimum Gasteiger partial charge on any atom is -0.479 e. The standard InChI is InChI=1S/C15H18N2O3/c1-9-15(19)17(2)12-7-10(3-6-13(12)20-9)8-16-14(18)11-4-5-11/h3,6-7,9,11H,4-5,8H2,1-2H3,(H,16,18). The molecule has 1 aliphatic heterocycles. The highest BCUT2D eigenvalue weighted by Crippen LogP contribution is 2.34. The summed E-state index contributed by atoms with van der Waals surface area (Å²) in [6.45, 7) is 2.23. The van der Waals surface area contributed by atoms with Crippen LogP contribution in [0.4, 0.5) is 5.69 Å². The number of hydrogen-bond acceptors (Lipinski definition) is 3. The smallest absolute Gasteiger partial charge is 0.267 e. The molecule has 1 N–H and O–H groups in total. The lowest BCUT2D eigenvalue weighted by Gasteiger charge is -2.30. The third-order valence-corrected chi connectivity index (χ3v) is 3.78. The van der Waals surface area contributed by atoms with Crippen LogP contribution in [-0.4, -0.2) is 25.0 Å². The topological polar surface area (TPSA) is 58.6 Å². The van der Waals surface area contributed by atoms with Crippen LogP contribution in [0.15, 0.2) is 18.2 Å². The highest BCUT2D eigenvalue weighted by molar-refractivity contribution is 5.99. The highest BCUT2D eigenvalue weighted by atomic mass is 16.5. The van der Waals surface area contributed by atoms with Crippen molar-refractivity contribution in [3.05, 3.63) is 23.8 Å². The molecule has 1 aromatic carbocycles. The lowest BCUT2D eigenvalue weighted by atomic mass is 10.1. The van der Waals surface area contributed by atoms with E-state index in [1.54, 1.807) is 18.9 Å². The van der Waals surface area contributed by atoms with E-state index in [0.717, 1.165) is 24.1 Å². The van der Waals surface area contributed by atoms with E-state index in [9.17, 15) is 9.59 Å². The molecule has 0 spiro atoms. The van der Waals surface area contributed by atoms with Gasteiger partial charge in [0.15, 0.2) is 6.10 Å². The molecule has 2 amide bonds. The maximum atomic E-state index is 11.9. The van der Waals surface area contributed by atoms with Crippen LogP contribution in [0.1, 0.15) is 25.3 Å². The Morgan fingerprint density at radius 2 is 2.20 bits per heavy atom. The van der Waals surface area contributed by atoms with E-state index in [1.807, 2.05) is 18.2 Å². The second-order valence-electron chi connectivity index (χ2n) is 5.45. The fourth-order valence-corrected chi connectivity index (χ4v) is 2.35. The number of hydrogen-bond donors (Lipinski definition) is 1. The van der Waals surface area contributed by atoms with Gasteiger partial charge in [-0.2, -0.15) is 0 Å². The first-order valence-corrected chi connectivity index (χ1v) is 6.91. The summed E-state index contributed by atoms with van der Waals surface area (Å²) in [7, 11) is 1.74. The molecule has 0 radical (unpaired) electrons. The molecule has 1 atom stereocenters. The third kappa shape index (κ3) is 2.35. The average molecular weight is 274 g/mol. The predicted octanol–water partition coefficient (Wildman–Crippen LogP) is 1.46. The number of carbonyl (C=O) groups is 2. The highest BCUT2D eigenvalue weighted by Gasteiger charge is 2.30. The number of nitrogens with one attached hydrogen (secondary N) is 1. The Labute approximate surface area is 117 Å². The monoisotopic (exact) mass is 274 g/mol. The summed E-state index contributed by atoms with van der Waals surface area (Å²) in [6, 6.07) is 5.67.